The van der Waals surface area contributed by atoms with Crippen molar-refractivity contribution in [2.75, 3.05) is 0 Å². The molecule has 0 saturated carbocycles. The van der Waals surface area contributed by atoms with Crippen LogP contribution >= 0.6 is 0 Å². The van der Waals surface area contributed by atoms with E-state index in [4.69, 9.17) is 0 Å². The van der Waals surface area contributed by atoms with E-state index in [1.165, 1.54) is 5.56 Å². The van der Waals surface area contributed by atoms with Gasteiger partial charge in [0, 0.05) is 22.8 Å². The SMILES string of the molecule is Cc1ccc(C[NH2+]Cc2ccccc2)cc1[N+](=O)[O-]. The van der Waals surface area contributed by atoms with Crippen molar-refractivity contribution in [3.63, 3.8) is 0 Å². The van der Waals surface area contributed by atoms with E-state index in [2.05, 4.69) is 17.4 Å². The van der Waals surface area contributed by atoms with Crippen molar-refractivity contribution < 1.29 is 10.2 Å². The summed E-state index contributed by atoms with van der Waals surface area (Å²) < 4.78 is 0. The van der Waals surface area contributed by atoms with Gasteiger partial charge in [-0.2, -0.15) is 0 Å². The van der Waals surface area contributed by atoms with Crippen LogP contribution in [0.1, 0.15) is 16.7 Å². The van der Waals surface area contributed by atoms with E-state index < -0.39 is 0 Å². The fraction of sp³-hybridized carbons (Fsp3) is 0.200. The van der Waals surface area contributed by atoms with Crippen LogP contribution in [0.15, 0.2) is 48.5 Å². The fourth-order valence-electron chi connectivity index (χ4n) is 2.00. The van der Waals surface area contributed by atoms with E-state index in [9.17, 15) is 10.1 Å². The average molecular weight is 257 g/mol. The highest BCUT2D eigenvalue weighted by atomic mass is 16.6. The van der Waals surface area contributed by atoms with Gasteiger partial charge in [-0.25, -0.2) is 0 Å². The first-order chi connectivity index (χ1) is 9.16. The van der Waals surface area contributed by atoms with Gasteiger partial charge < -0.3 is 5.32 Å². The van der Waals surface area contributed by atoms with E-state index in [0.29, 0.717) is 5.56 Å². The molecule has 0 saturated heterocycles. The molecule has 0 atom stereocenters. The molecule has 2 aromatic rings. The molecule has 0 aromatic heterocycles. The topological polar surface area (TPSA) is 59.8 Å². The standard InChI is InChI=1S/C15H16N2O2/c1-12-7-8-14(9-15(12)17(18)19)11-16-10-13-5-3-2-4-6-13/h2-9,16H,10-11H2,1H3/p+1. The number of nitro groups is 1. The molecule has 0 aliphatic rings. The number of nitrogens with two attached hydrogens (primary N) is 1. The van der Waals surface area contributed by atoms with E-state index >= 15 is 0 Å². The van der Waals surface area contributed by atoms with Crippen LogP contribution in [0.4, 0.5) is 5.69 Å². The number of aryl methyl sites for hydroxylation is 1. The predicted molar refractivity (Wildman–Crippen MR) is 73.6 cm³/mol. The molecule has 0 heterocycles. The minimum Gasteiger partial charge on any atom is -0.339 e. The number of quaternary nitrogens is 1. The normalized spacial score (nSPS) is 10.4. The maximum Gasteiger partial charge on any atom is 0.272 e. The molecule has 0 bridgehead atoms. The van der Waals surface area contributed by atoms with E-state index in [1.807, 2.05) is 30.3 Å². The summed E-state index contributed by atoms with van der Waals surface area (Å²) in [5, 5.41) is 13.0. The first-order valence-corrected chi connectivity index (χ1v) is 6.26. The Bertz CT molecular complexity index is 568. The quantitative estimate of drug-likeness (QED) is 0.659. The summed E-state index contributed by atoms with van der Waals surface area (Å²) in [7, 11) is 0. The van der Waals surface area contributed by atoms with Gasteiger partial charge in [0.05, 0.1) is 4.92 Å². The highest BCUT2D eigenvalue weighted by Crippen LogP contribution is 2.18. The lowest BCUT2D eigenvalue weighted by Crippen LogP contribution is -2.80. The lowest BCUT2D eigenvalue weighted by atomic mass is 10.1. The number of nitro benzene ring substituents is 1. The maximum absolute atomic E-state index is 10.9. The van der Waals surface area contributed by atoms with Crippen molar-refractivity contribution in [2.45, 2.75) is 20.0 Å². The maximum atomic E-state index is 10.9. The summed E-state index contributed by atoms with van der Waals surface area (Å²) in [5.74, 6) is 0. The minimum atomic E-state index is -0.323. The molecule has 0 amide bonds. The highest BCUT2D eigenvalue weighted by Gasteiger charge is 2.11. The van der Waals surface area contributed by atoms with Crippen molar-refractivity contribution >= 4 is 5.69 Å². The minimum absolute atomic E-state index is 0.200. The smallest absolute Gasteiger partial charge is 0.272 e. The van der Waals surface area contributed by atoms with Gasteiger partial charge in [-0.3, -0.25) is 10.1 Å². The Balaban J connectivity index is 1.97. The van der Waals surface area contributed by atoms with Crippen LogP contribution in [0.5, 0.6) is 0 Å². The lowest BCUT2D eigenvalue weighted by molar-refractivity contribution is -0.686. The molecule has 0 unspecified atom stereocenters. The second kappa shape index (κ2) is 6.11. The van der Waals surface area contributed by atoms with Crippen LogP contribution in [0.3, 0.4) is 0 Å². The third-order valence-electron chi connectivity index (χ3n) is 3.07. The third kappa shape index (κ3) is 3.63. The Morgan fingerprint density at radius 3 is 2.42 bits per heavy atom. The summed E-state index contributed by atoms with van der Waals surface area (Å²) in [6, 6.07) is 15.6. The zero-order chi connectivity index (χ0) is 13.7. The number of hydrogen-bond donors (Lipinski definition) is 1. The second-order valence-electron chi connectivity index (χ2n) is 4.56. The van der Waals surface area contributed by atoms with E-state index in [-0.39, 0.29) is 10.6 Å². The molecule has 98 valence electrons. The van der Waals surface area contributed by atoms with Crippen LogP contribution in [-0.4, -0.2) is 4.92 Å². The highest BCUT2D eigenvalue weighted by molar-refractivity contribution is 5.42. The molecular weight excluding hydrogens is 240 g/mol. The molecule has 2 rings (SSSR count). The lowest BCUT2D eigenvalue weighted by Gasteiger charge is -2.03. The number of benzene rings is 2. The molecule has 0 spiro atoms. The first kappa shape index (κ1) is 13.2. The molecule has 4 nitrogen and oxygen atoms in total. The van der Waals surface area contributed by atoms with Crippen LogP contribution < -0.4 is 5.32 Å². The van der Waals surface area contributed by atoms with Crippen molar-refractivity contribution in [3.05, 3.63) is 75.3 Å². The number of nitrogens with zero attached hydrogens (tertiary/aromatic N) is 1. The van der Waals surface area contributed by atoms with Gasteiger partial charge in [0.1, 0.15) is 13.1 Å². The number of hydrogen-bond acceptors (Lipinski definition) is 2. The zero-order valence-corrected chi connectivity index (χ0v) is 10.9. The molecule has 2 N–H and O–H groups in total. The van der Waals surface area contributed by atoms with Gasteiger partial charge in [0.25, 0.3) is 5.69 Å². The molecule has 0 aliphatic carbocycles. The van der Waals surface area contributed by atoms with E-state index in [1.54, 1.807) is 13.0 Å². The average Bonchev–Trinajstić information content (AvgIpc) is 2.41. The van der Waals surface area contributed by atoms with Crippen molar-refractivity contribution in [3.8, 4) is 0 Å². The first-order valence-electron chi connectivity index (χ1n) is 6.26. The molecule has 0 fully saturated rings. The van der Waals surface area contributed by atoms with Gasteiger partial charge in [0.2, 0.25) is 0 Å². The van der Waals surface area contributed by atoms with Crippen molar-refractivity contribution in [1.82, 2.24) is 0 Å². The molecule has 4 heteroatoms. The Kier molecular flexibility index (Phi) is 4.26. The van der Waals surface area contributed by atoms with Crippen molar-refractivity contribution in [1.29, 1.82) is 0 Å². The van der Waals surface area contributed by atoms with E-state index in [0.717, 1.165) is 18.7 Å². The van der Waals surface area contributed by atoms with Gasteiger partial charge in [-0.15, -0.1) is 0 Å². The Hall–Kier alpha value is -2.20. The van der Waals surface area contributed by atoms with Gasteiger partial charge in [0.15, 0.2) is 0 Å². The summed E-state index contributed by atoms with van der Waals surface area (Å²) in [6.45, 7) is 3.38. The van der Waals surface area contributed by atoms with Crippen LogP contribution in [0, 0.1) is 17.0 Å². The van der Waals surface area contributed by atoms with Gasteiger partial charge >= 0.3 is 0 Å². The summed E-state index contributed by atoms with van der Waals surface area (Å²) in [6.07, 6.45) is 0. The molecule has 0 aliphatic heterocycles. The molecule has 2 aromatic carbocycles. The Morgan fingerprint density at radius 2 is 1.74 bits per heavy atom. The summed E-state index contributed by atoms with van der Waals surface area (Å²) in [5.41, 5.74) is 3.14. The van der Waals surface area contributed by atoms with Crippen LogP contribution in [0.2, 0.25) is 0 Å². The van der Waals surface area contributed by atoms with Crippen molar-refractivity contribution in [2.24, 2.45) is 0 Å². The third-order valence-corrected chi connectivity index (χ3v) is 3.07. The predicted octanol–water partition coefficient (Wildman–Crippen LogP) is 2.17. The summed E-state index contributed by atoms with van der Waals surface area (Å²) >= 11 is 0. The largest absolute Gasteiger partial charge is 0.339 e. The zero-order valence-electron chi connectivity index (χ0n) is 10.9. The Labute approximate surface area is 112 Å². The summed E-state index contributed by atoms with van der Waals surface area (Å²) in [4.78, 5) is 10.5. The van der Waals surface area contributed by atoms with Crippen LogP contribution in [-0.2, 0) is 13.1 Å². The van der Waals surface area contributed by atoms with Gasteiger partial charge in [-0.05, 0) is 6.92 Å². The molecule has 19 heavy (non-hydrogen) atoms. The second-order valence-corrected chi connectivity index (χ2v) is 4.56. The Morgan fingerprint density at radius 1 is 1.05 bits per heavy atom. The molecular formula is C15H17N2O2+. The van der Waals surface area contributed by atoms with Gasteiger partial charge in [-0.1, -0.05) is 42.5 Å². The monoisotopic (exact) mass is 257 g/mol. The molecule has 0 radical (unpaired) electrons. The number of rotatable bonds is 5. The van der Waals surface area contributed by atoms with Crippen LogP contribution in [0.25, 0.3) is 0 Å². The fourth-order valence-corrected chi connectivity index (χ4v) is 2.00.